The first-order valence-electron chi connectivity index (χ1n) is 9.64. The number of nitrogens with one attached hydrogen (secondary N) is 3. The number of guanidine groups is 1. The van der Waals surface area contributed by atoms with Gasteiger partial charge in [-0.15, -0.1) is 0 Å². The van der Waals surface area contributed by atoms with Gasteiger partial charge in [-0.05, 0) is 38.3 Å². The molecule has 1 amide bonds. The van der Waals surface area contributed by atoms with Crippen molar-refractivity contribution in [3.63, 3.8) is 0 Å². The Morgan fingerprint density at radius 1 is 1.33 bits per heavy atom. The predicted octanol–water partition coefficient (Wildman–Crippen LogP) is 1.14. The summed E-state index contributed by atoms with van der Waals surface area (Å²) in [6.07, 6.45) is 2.01. The van der Waals surface area contributed by atoms with Crippen molar-refractivity contribution >= 4 is 11.9 Å². The third-order valence-electron chi connectivity index (χ3n) is 4.78. The van der Waals surface area contributed by atoms with Crippen LogP contribution in [0.5, 0.6) is 5.75 Å². The zero-order valence-electron chi connectivity index (χ0n) is 16.9. The van der Waals surface area contributed by atoms with Crippen LogP contribution < -0.4 is 20.7 Å². The summed E-state index contributed by atoms with van der Waals surface area (Å²) in [5, 5.41) is 9.50. The predicted molar refractivity (Wildman–Crippen MR) is 109 cm³/mol. The van der Waals surface area contributed by atoms with E-state index in [1.165, 1.54) is 0 Å². The minimum Gasteiger partial charge on any atom is -0.489 e. The molecule has 0 aromatic heterocycles. The highest BCUT2D eigenvalue weighted by atomic mass is 16.5. The molecule has 1 atom stereocenters. The second kappa shape index (κ2) is 10.8. The summed E-state index contributed by atoms with van der Waals surface area (Å²) in [6, 6.07) is 8.40. The molecule has 0 spiro atoms. The van der Waals surface area contributed by atoms with E-state index in [0.29, 0.717) is 19.1 Å². The van der Waals surface area contributed by atoms with Crippen molar-refractivity contribution in [3.8, 4) is 5.75 Å². The molecule has 2 rings (SSSR count). The van der Waals surface area contributed by atoms with Crippen LogP contribution in [0.3, 0.4) is 0 Å². The van der Waals surface area contributed by atoms with Gasteiger partial charge in [0.1, 0.15) is 11.9 Å². The number of amides is 1. The molecule has 1 saturated heterocycles. The maximum atomic E-state index is 11.5. The van der Waals surface area contributed by atoms with Gasteiger partial charge in [0.05, 0.1) is 13.1 Å². The van der Waals surface area contributed by atoms with Crippen molar-refractivity contribution in [2.75, 3.05) is 40.3 Å². The van der Waals surface area contributed by atoms with Crippen LogP contribution in [0.2, 0.25) is 0 Å². The molecule has 0 saturated carbocycles. The lowest BCUT2D eigenvalue weighted by atomic mass is 10.1. The normalized spacial score (nSPS) is 17.3. The fourth-order valence-corrected chi connectivity index (χ4v) is 3.09. The third-order valence-corrected chi connectivity index (χ3v) is 4.78. The summed E-state index contributed by atoms with van der Waals surface area (Å²) in [6.45, 7) is 7.06. The molecule has 1 aliphatic rings. The zero-order chi connectivity index (χ0) is 19.6. The maximum Gasteiger partial charge on any atom is 0.233 e. The standard InChI is InChI=1S/C20H33N5O2/c1-15-7-5-6-8-18(15)27-16(2)13-23-20(22-4)24-17-9-11-25(12-10-17)14-19(26)21-3/h5-8,16-17H,9-14H2,1-4H3,(H,21,26)(H2,22,23,24). The summed E-state index contributed by atoms with van der Waals surface area (Å²) in [7, 11) is 3.46. The van der Waals surface area contributed by atoms with Gasteiger partial charge >= 0.3 is 0 Å². The highest BCUT2D eigenvalue weighted by molar-refractivity contribution is 5.80. The van der Waals surface area contributed by atoms with E-state index in [2.05, 4.69) is 25.8 Å². The lowest BCUT2D eigenvalue weighted by Gasteiger charge is -2.32. The number of aryl methyl sites for hydroxylation is 1. The number of hydrogen-bond acceptors (Lipinski definition) is 4. The van der Waals surface area contributed by atoms with Crippen LogP contribution in [0.15, 0.2) is 29.3 Å². The Morgan fingerprint density at radius 3 is 2.67 bits per heavy atom. The van der Waals surface area contributed by atoms with Gasteiger partial charge in [0.25, 0.3) is 0 Å². The molecule has 1 unspecified atom stereocenters. The van der Waals surface area contributed by atoms with Crippen LogP contribution in [0.25, 0.3) is 0 Å². The Bertz CT molecular complexity index is 627. The number of likely N-dealkylation sites (tertiary alicyclic amines) is 1. The number of hydrogen-bond donors (Lipinski definition) is 3. The quantitative estimate of drug-likeness (QED) is 0.492. The summed E-state index contributed by atoms with van der Waals surface area (Å²) >= 11 is 0. The molecule has 27 heavy (non-hydrogen) atoms. The lowest BCUT2D eigenvalue weighted by Crippen LogP contribution is -2.51. The monoisotopic (exact) mass is 375 g/mol. The number of ether oxygens (including phenoxy) is 1. The Morgan fingerprint density at radius 2 is 2.04 bits per heavy atom. The van der Waals surface area contributed by atoms with Gasteiger partial charge in [0, 0.05) is 33.2 Å². The van der Waals surface area contributed by atoms with Gasteiger partial charge in [-0.2, -0.15) is 0 Å². The molecule has 7 heteroatoms. The number of carbonyl (C=O) groups is 1. The second-order valence-corrected chi connectivity index (χ2v) is 7.02. The Hall–Kier alpha value is -2.28. The number of para-hydroxylation sites is 1. The molecule has 1 aromatic carbocycles. The fraction of sp³-hybridized carbons (Fsp3) is 0.600. The average molecular weight is 376 g/mol. The Labute approximate surface area is 162 Å². The molecular weight excluding hydrogens is 342 g/mol. The molecular formula is C20H33N5O2. The van der Waals surface area contributed by atoms with Crippen LogP contribution >= 0.6 is 0 Å². The van der Waals surface area contributed by atoms with Crippen LogP contribution in [0, 0.1) is 6.92 Å². The van der Waals surface area contributed by atoms with Crippen molar-refractivity contribution in [1.82, 2.24) is 20.9 Å². The van der Waals surface area contributed by atoms with Gasteiger partial charge in [0.2, 0.25) is 5.91 Å². The first-order valence-corrected chi connectivity index (χ1v) is 9.64. The van der Waals surface area contributed by atoms with E-state index in [4.69, 9.17) is 4.74 Å². The van der Waals surface area contributed by atoms with Gasteiger partial charge in [-0.1, -0.05) is 18.2 Å². The van der Waals surface area contributed by atoms with Crippen molar-refractivity contribution < 1.29 is 9.53 Å². The maximum absolute atomic E-state index is 11.5. The number of aliphatic imine (C=N–C) groups is 1. The first-order chi connectivity index (χ1) is 13.0. The molecule has 0 radical (unpaired) electrons. The number of likely N-dealkylation sites (N-methyl/N-ethyl adjacent to an activating group) is 1. The molecule has 0 bridgehead atoms. The molecule has 3 N–H and O–H groups in total. The third kappa shape index (κ3) is 7.09. The van der Waals surface area contributed by atoms with E-state index in [-0.39, 0.29) is 12.0 Å². The molecule has 150 valence electrons. The minimum absolute atomic E-state index is 0.0269. The van der Waals surface area contributed by atoms with Crippen molar-refractivity contribution in [1.29, 1.82) is 0 Å². The summed E-state index contributed by atoms with van der Waals surface area (Å²) in [4.78, 5) is 18.0. The Kier molecular flexibility index (Phi) is 8.39. The zero-order valence-corrected chi connectivity index (χ0v) is 16.9. The molecule has 1 aromatic rings. The van der Waals surface area contributed by atoms with Gasteiger partial charge in [0.15, 0.2) is 5.96 Å². The summed E-state index contributed by atoms with van der Waals surface area (Å²) in [5.74, 6) is 1.78. The molecule has 1 heterocycles. The van der Waals surface area contributed by atoms with Gasteiger partial charge < -0.3 is 20.7 Å². The SMILES string of the molecule is CN=C(NCC(C)Oc1ccccc1C)NC1CCN(CC(=O)NC)CC1. The fourth-order valence-electron chi connectivity index (χ4n) is 3.09. The van der Waals surface area contributed by atoms with E-state index >= 15 is 0 Å². The van der Waals surface area contributed by atoms with E-state index in [9.17, 15) is 4.79 Å². The van der Waals surface area contributed by atoms with Crippen LogP contribution in [-0.2, 0) is 4.79 Å². The lowest BCUT2D eigenvalue weighted by molar-refractivity contribution is -0.122. The number of nitrogens with zero attached hydrogens (tertiary/aromatic N) is 2. The first kappa shape index (κ1) is 21.0. The number of carbonyl (C=O) groups excluding carboxylic acids is 1. The highest BCUT2D eigenvalue weighted by Gasteiger charge is 2.21. The smallest absolute Gasteiger partial charge is 0.233 e. The molecule has 0 aliphatic carbocycles. The van der Waals surface area contributed by atoms with Crippen molar-refractivity contribution in [3.05, 3.63) is 29.8 Å². The average Bonchev–Trinajstić information content (AvgIpc) is 2.68. The van der Waals surface area contributed by atoms with Gasteiger partial charge in [-0.3, -0.25) is 14.7 Å². The molecule has 1 fully saturated rings. The van der Waals surface area contributed by atoms with E-state index in [1.54, 1.807) is 14.1 Å². The molecule has 1 aliphatic heterocycles. The van der Waals surface area contributed by atoms with E-state index in [1.807, 2.05) is 38.1 Å². The van der Waals surface area contributed by atoms with Crippen LogP contribution in [-0.4, -0.2) is 69.2 Å². The van der Waals surface area contributed by atoms with E-state index in [0.717, 1.165) is 43.2 Å². The number of piperidine rings is 1. The molecule has 7 nitrogen and oxygen atoms in total. The Balaban J connectivity index is 1.71. The topological polar surface area (TPSA) is 78.0 Å². The largest absolute Gasteiger partial charge is 0.489 e. The van der Waals surface area contributed by atoms with Gasteiger partial charge in [-0.25, -0.2) is 0 Å². The van der Waals surface area contributed by atoms with E-state index < -0.39 is 0 Å². The highest BCUT2D eigenvalue weighted by Crippen LogP contribution is 2.17. The second-order valence-electron chi connectivity index (χ2n) is 7.02. The van der Waals surface area contributed by atoms with Crippen molar-refractivity contribution in [2.24, 2.45) is 4.99 Å². The minimum atomic E-state index is 0.0269. The van der Waals surface area contributed by atoms with Crippen LogP contribution in [0.1, 0.15) is 25.3 Å². The number of rotatable bonds is 7. The summed E-state index contributed by atoms with van der Waals surface area (Å²) < 4.78 is 6.00. The van der Waals surface area contributed by atoms with Crippen molar-refractivity contribution in [2.45, 2.75) is 38.8 Å². The number of benzene rings is 1. The summed E-state index contributed by atoms with van der Waals surface area (Å²) in [5.41, 5.74) is 1.13. The van der Waals surface area contributed by atoms with Crippen LogP contribution in [0.4, 0.5) is 0 Å².